The van der Waals surface area contributed by atoms with E-state index in [1.165, 1.54) is 13.8 Å². The minimum atomic E-state index is -4.06. The monoisotopic (exact) mass is 335 g/mol. The highest BCUT2D eigenvalue weighted by atomic mass is 35.5. The van der Waals surface area contributed by atoms with Crippen molar-refractivity contribution in [1.29, 1.82) is 0 Å². The molecular formula is C11H14ClN3O5S. The van der Waals surface area contributed by atoms with Crippen LogP contribution in [0.15, 0.2) is 23.1 Å². The summed E-state index contributed by atoms with van der Waals surface area (Å²) in [7, 11) is -4.06. The quantitative estimate of drug-likeness (QED) is 0.595. The molecule has 0 unspecified atom stereocenters. The van der Waals surface area contributed by atoms with Crippen LogP contribution in [0.2, 0.25) is 5.02 Å². The molecule has 0 heterocycles. The Labute approximate surface area is 126 Å². The summed E-state index contributed by atoms with van der Waals surface area (Å²) in [6.45, 7) is 2.94. The zero-order chi connectivity index (χ0) is 16.4. The number of nitrogens with one attached hydrogen (secondary N) is 1. The Hall–Kier alpha value is -1.71. The highest BCUT2D eigenvalue weighted by molar-refractivity contribution is 7.89. The molecule has 8 nitrogen and oxygen atoms in total. The van der Waals surface area contributed by atoms with Gasteiger partial charge in [-0.15, -0.1) is 0 Å². The maximum atomic E-state index is 12.2. The fourth-order valence-electron chi connectivity index (χ4n) is 1.69. The van der Waals surface area contributed by atoms with Crippen LogP contribution in [0.25, 0.3) is 0 Å². The summed E-state index contributed by atoms with van der Waals surface area (Å²) in [5.74, 6) is -0.676. The van der Waals surface area contributed by atoms with Gasteiger partial charge < -0.3 is 5.73 Å². The third-order valence-electron chi connectivity index (χ3n) is 2.45. The Kier molecular flexibility index (Phi) is 4.92. The van der Waals surface area contributed by atoms with Crippen LogP contribution in [0.5, 0.6) is 0 Å². The topological polar surface area (TPSA) is 132 Å². The summed E-state index contributed by atoms with van der Waals surface area (Å²) < 4.78 is 26.6. The largest absolute Gasteiger partial charge is 0.370 e. The van der Waals surface area contributed by atoms with Crippen LogP contribution in [0.1, 0.15) is 20.3 Å². The standard InChI is InChI=1S/C11H14ClN3O5S/c1-11(2,6-10(13)16)14-21(19,20)7-3-4-8(12)9(5-7)15(17)18/h3-5,14H,6H2,1-2H3,(H2,13,16). The van der Waals surface area contributed by atoms with Crippen molar-refractivity contribution in [3.8, 4) is 0 Å². The first-order valence-electron chi connectivity index (χ1n) is 5.71. The number of hydrogen-bond donors (Lipinski definition) is 2. The third-order valence-corrected chi connectivity index (χ3v) is 4.47. The predicted octanol–water partition coefficient (Wildman–Crippen LogP) is 1.18. The summed E-state index contributed by atoms with van der Waals surface area (Å²) in [4.78, 5) is 20.6. The number of carbonyl (C=O) groups excluding carboxylic acids is 1. The van der Waals surface area contributed by atoms with E-state index in [1.54, 1.807) is 0 Å². The second-order valence-electron chi connectivity index (χ2n) is 5.00. The van der Waals surface area contributed by atoms with Gasteiger partial charge in [-0.1, -0.05) is 11.6 Å². The van der Waals surface area contributed by atoms with E-state index in [4.69, 9.17) is 17.3 Å². The number of primary amides is 1. The zero-order valence-corrected chi connectivity index (χ0v) is 12.9. The van der Waals surface area contributed by atoms with Crippen molar-refractivity contribution in [2.24, 2.45) is 5.73 Å². The molecule has 21 heavy (non-hydrogen) atoms. The van der Waals surface area contributed by atoms with E-state index in [0.29, 0.717) is 0 Å². The van der Waals surface area contributed by atoms with Gasteiger partial charge in [0, 0.05) is 18.0 Å². The van der Waals surface area contributed by atoms with Gasteiger partial charge in [-0.3, -0.25) is 14.9 Å². The molecule has 1 amide bonds. The third kappa shape index (κ3) is 4.66. The van der Waals surface area contributed by atoms with Crippen molar-refractivity contribution < 1.29 is 18.1 Å². The fourth-order valence-corrected chi connectivity index (χ4v) is 3.31. The van der Waals surface area contributed by atoms with Crippen LogP contribution < -0.4 is 10.5 Å². The number of nitrogens with two attached hydrogens (primary N) is 1. The van der Waals surface area contributed by atoms with Gasteiger partial charge in [0.05, 0.1) is 9.82 Å². The number of nitro benzene ring substituents is 1. The van der Waals surface area contributed by atoms with Crippen molar-refractivity contribution in [1.82, 2.24) is 4.72 Å². The minimum absolute atomic E-state index is 0.171. The van der Waals surface area contributed by atoms with E-state index >= 15 is 0 Å². The Morgan fingerprint density at radius 1 is 1.48 bits per heavy atom. The number of benzene rings is 1. The maximum Gasteiger partial charge on any atom is 0.289 e. The van der Waals surface area contributed by atoms with Crippen LogP contribution in [-0.4, -0.2) is 24.8 Å². The Bertz CT molecular complexity index is 687. The molecule has 1 aromatic rings. The molecule has 1 rings (SSSR count). The molecule has 0 aliphatic heterocycles. The first-order valence-corrected chi connectivity index (χ1v) is 7.57. The van der Waals surface area contributed by atoms with Gasteiger partial charge in [-0.2, -0.15) is 0 Å². The molecule has 0 atom stereocenters. The van der Waals surface area contributed by atoms with E-state index < -0.39 is 32.1 Å². The number of halogens is 1. The number of hydrogen-bond acceptors (Lipinski definition) is 5. The van der Waals surface area contributed by atoms with E-state index in [0.717, 1.165) is 18.2 Å². The van der Waals surface area contributed by atoms with Crippen molar-refractivity contribution in [2.75, 3.05) is 0 Å². The van der Waals surface area contributed by atoms with E-state index in [2.05, 4.69) is 4.72 Å². The molecular weight excluding hydrogens is 322 g/mol. The lowest BCUT2D eigenvalue weighted by Gasteiger charge is -2.24. The van der Waals surface area contributed by atoms with Gasteiger partial charge in [-0.05, 0) is 26.0 Å². The Morgan fingerprint density at radius 2 is 2.05 bits per heavy atom. The molecule has 3 N–H and O–H groups in total. The highest BCUT2D eigenvalue weighted by Gasteiger charge is 2.29. The van der Waals surface area contributed by atoms with Gasteiger partial charge in [0.2, 0.25) is 15.9 Å². The molecule has 1 aromatic carbocycles. The molecule has 0 fully saturated rings. The average Bonchev–Trinajstić information content (AvgIpc) is 2.24. The molecule has 0 aliphatic rings. The molecule has 0 bridgehead atoms. The lowest BCUT2D eigenvalue weighted by Crippen LogP contribution is -2.45. The minimum Gasteiger partial charge on any atom is -0.370 e. The lowest BCUT2D eigenvalue weighted by atomic mass is 10.0. The van der Waals surface area contributed by atoms with Gasteiger partial charge >= 0.3 is 0 Å². The first kappa shape index (κ1) is 17.3. The SMILES string of the molecule is CC(C)(CC(N)=O)NS(=O)(=O)c1ccc(Cl)c([N+](=O)[O-])c1. The smallest absolute Gasteiger partial charge is 0.289 e. The van der Waals surface area contributed by atoms with Crippen LogP contribution in [0, 0.1) is 10.1 Å². The second-order valence-corrected chi connectivity index (χ2v) is 7.09. The summed E-state index contributed by atoms with van der Waals surface area (Å²) in [6.07, 6.45) is -0.220. The summed E-state index contributed by atoms with van der Waals surface area (Å²) in [6, 6.07) is 3.11. The van der Waals surface area contributed by atoms with Crippen molar-refractivity contribution >= 4 is 33.2 Å². The predicted molar refractivity (Wildman–Crippen MR) is 76.3 cm³/mol. The number of carbonyl (C=O) groups is 1. The molecule has 0 saturated heterocycles. The van der Waals surface area contributed by atoms with Crippen molar-refractivity contribution in [2.45, 2.75) is 30.7 Å². The van der Waals surface area contributed by atoms with Crippen molar-refractivity contribution in [3.63, 3.8) is 0 Å². The summed E-state index contributed by atoms with van der Waals surface area (Å²) >= 11 is 5.63. The molecule has 0 saturated carbocycles. The van der Waals surface area contributed by atoms with E-state index in [1.807, 2.05) is 0 Å². The van der Waals surface area contributed by atoms with Crippen LogP contribution in [0.4, 0.5) is 5.69 Å². The lowest BCUT2D eigenvalue weighted by molar-refractivity contribution is -0.384. The van der Waals surface area contributed by atoms with Gasteiger partial charge in [0.15, 0.2) is 0 Å². The molecule has 0 aliphatic carbocycles. The molecule has 0 aromatic heterocycles. The summed E-state index contributed by atoms with van der Waals surface area (Å²) in [5, 5.41) is 10.6. The zero-order valence-electron chi connectivity index (χ0n) is 11.3. The average molecular weight is 336 g/mol. The number of rotatable bonds is 6. The van der Waals surface area contributed by atoms with Gasteiger partial charge in [0.25, 0.3) is 5.69 Å². The van der Waals surface area contributed by atoms with Crippen molar-refractivity contribution in [3.05, 3.63) is 33.3 Å². The van der Waals surface area contributed by atoms with E-state index in [-0.39, 0.29) is 16.3 Å². The Balaban J connectivity index is 3.17. The normalized spacial score (nSPS) is 12.1. The van der Waals surface area contributed by atoms with E-state index in [9.17, 15) is 23.3 Å². The number of amides is 1. The molecule has 116 valence electrons. The van der Waals surface area contributed by atoms with Gasteiger partial charge in [-0.25, -0.2) is 13.1 Å². The second kappa shape index (κ2) is 5.96. The van der Waals surface area contributed by atoms with Crippen LogP contribution in [0.3, 0.4) is 0 Å². The summed E-state index contributed by atoms with van der Waals surface area (Å²) in [5.41, 5.74) is 3.39. The van der Waals surface area contributed by atoms with Gasteiger partial charge in [0.1, 0.15) is 5.02 Å². The highest BCUT2D eigenvalue weighted by Crippen LogP contribution is 2.27. The Morgan fingerprint density at radius 3 is 2.52 bits per heavy atom. The maximum absolute atomic E-state index is 12.2. The molecule has 10 heteroatoms. The number of nitro groups is 1. The molecule has 0 radical (unpaired) electrons. The first-order chi connectivity index (χ1) is 9.44. The molecule has 0 spiro atoms. The number of sulfonamides is 1. The number of nitrogens with zero attached hydrogens (tertiary/aromatic N) is 1. The van der Waals surface area contributed by atoms with Crippen LogP contribution >= 0.6 is 11.6 Å². The fraction of sp³-hybridized carbons (Fsp3) is 0.364. The van der Waals surface area contributed by atoms with Crippen LogP contribution in [-0.2, 0) is 14.8 Å².